The number of hydrogen-bond donors (Lipinski definition) is 3. The van der Waals surface area contributed by atoms with Gasteiger partial charge < -0.3 is 11.1 Å². The first kappa shape index (κ1) is 16.1. The van der Waals surface area contributed by atoms with Gasteiger partial charge in [-0.2, -0.15) is 0 Å². The van der Waals surface area contributed by atoms with Crippen LogP contribution < -0.4 is 15.8 Å². The van der Waals surface area contributed by atoms with Crippen molar-refractivity contribution in [3.05, 3.63) is 52.6 Å². The van der Waals surface area contributed by atoms with Gasteiger partial charge in [-0.3, -0.25) is 4.72 Å². The van der Waals surface area contributed by atoms with Gasteiger partial charge >= 0.3 is 6.03 Å². The van der Waals surface area contributed by atoms with E-state index >= 15 is 0 Å². The molecule has 2 aromatic carbocycles. The van der Waals surface area contributed by atoms with E-state index in [1.54, 1.807) is 24.3 Å². The molecule has 4 rings (SSSR count). The highest BCUT2D eigenvalue weighted by Gasteiger charge is 2.25. The molecule has 1 unspecified atom stereocenters. The minimum atomic E-state index is -1.64. The van der Waals surface area contributed by atoms with Crippen molar-refractivity contribution >= 4 is 28.4 Å². The maximum absolute atomic E-state index is 12.4. The largest absolute Gasteiger partial charge is 0.399 e. The summed E-state index contributed by atoms with van der Waals surface area (Å²) in [6.45, 7) is 0. The van der Waals surface area contributed by atoms with Crippen LogP contribution in [-0.2, 0) is 36.7 Å². The Balaban J connectivity index is 1.55. The number of anilines is 2. The zero-order chi connectivity index (χ0) is 17.4. The predicted octanol–water partition coefficient (Wildman–Crippen LogP) is 3.09. The van der Waals surface area contributed by atoms with E-state index < -0.39 is 17.0 Å². The fraction of sp³-hybridized carbons (Fsp3) is 0.316. The van der Waals surface area contributed by atoms with Crippen LogP contribution in [0, 0.1) is 0 Å². The zero-order valence-electron chi connectivity index (χ0n) is 13.9. The van der Waals surface area contributed by atoms with E-state index in [-0.39, 0.29) is 0 Å². The monoisotopic (exact) mass is 355 g/mol. The molecule has 4 N–H and O–H groups in total. The molecule has 0 radical (unpaired) electrons. The molecule has 2 amide bonds. The van der Waals surface area contributed by atoms with Gasteiger partial charge in [-0.05, 0) is 79.0 Å². The maximum Gasteiger partial charge on any atom is 0.331 e. The highest BCUT2D eigenvalue weighted by molar-refractivity contribution is 7.83. The molecule has 0 bridgehead atoms. The molecule has 1 atom stereocenters. The molecular weight excluding hydrogens is 334 g/mol. The third-order valence-electron chi connectivity index (χ3n) is 4.97. The van der Waals surface area contributed by atoms with E-state index in [1.165, 1.54) is 22.3 Å². The average Bonchev–Trinajstić information content (AvgIpc) is 3.23. The molecule has 5 nitrogen and oxygen atoms in total. The number of aryl methyl sites for hydroxylation is 2. The Bertz CT molecular complexity index is 847. The maximum atomic E-state index is 12.4. The minimum Gasteiger partial charge on any atom is -0.399 e. The molecule has 2 aliphatic carbocycles. The van der Waals surface area contributed by atoms with E-state index in [2.05, 4.69) is 16.1 Å². The van der Waals surface area contributed by atoms with Crippen LogP contribution in [0.15, 0.2) is 35.2 Å². The van der Waals surface area contributed by atoms with Crippen LogP contribution in [0.2, 0.25) is 0 Å². The number of carbonyl (C=O) groups excluding carboxylic acids is 1. The number of rotatable bonds is 3. The number of carbonyl (C=O) groups is 1. The first-order valence-electron chi connectivity index (χ1n) is 8.63. The number of urea groups is 1. The lowest BCUT2D eigenvalue weighted by Gasteiger charge is -2.16. The van der Waals surface area contributed by atoms with Crippen molar-refractivity contribution in [3.8, 4) is 0 Å². The van der Waals surface area contributed by atoms with Crippen LogP contribution >= 0.6 is 0 Å². The molecule has 130 valence electrons. The molecule has 0 saturated carbocycles. The third kappa shape index (κ3) is 3.14. The number of amides is 2. The number of benzene rings is 2. The van der Waals surface area contributed by atoms with Gasteiger partial charge in [0.25, 0.3) is 0 Å². The summed E-state index contributed by atoms with van der Waals surface area (Å²) in [6.07, 6.45) is 6.41. The molecule has 0 aliphatic heterocycles. The lowest BCUT2D eigenvalue weighted by atomic mass is 9.99. The average molecular weight is 355 g/mol. The van der Waals surface area contributed by atoms with Crippen LogP contribution in [-0.4, -0.2) is 10.2 Å². The van der Waals surface area contributed by atoms with Crippen LogP contribution in [0.1, 0.15) is 35.1 Å². The first-order chi connectivity index (χ1) is 12.1. The first-order valence-corrected chi connectivity index (χ1v) is 9.78. The van der Waals surface area contributed by atoms with Gasteiger partial charge in [0.15, 0.2) is 11.0 Å². The van der Waals surface area contributed by atoms with Crippen molar-refractivity contribution in [2.75, 3.05) is 11.1 Å². The van der Waals surface area contributed by atoms with E-state index in [4.69, 9.17) is 5.73 Å². The van der Waals surface area contributed by atoms with E-state index in [1.807, 2.05) is 0 Å². The molecule has 0 spiro atoms. The molecule has 25 heavy (non-hydrogen) atoms. The fourth-order valence-corrected chi connectivity index (χ4v) is 4.66. The van der Waals surface area contributed by atoms with Gasteiger partial charge in [0.1, 0.15) is 0 Å². The van der Waals surface area contributed by atoms with Crippen molar-refractivity contribution < 1.29 is 9.00 Å². The molecular formula is C19H21N3O2S. The highest BCUT2D eigenvalue weighted by Crippen LogP contribution is 2.38. The van der Waals surface area contributed by atoms with Crippen LogP contribution in [0.3, 0.4) is 0 Å². The number of nitrogens with two attached hydrogens (primary N) is 1. The van der Waals surface area contributed by atoms with Crippen molar-refractivity contribution in [1.82, 2.24) is 4.72 Å². The minimum absolute atomic E-state index is 0.435. The second-order valence-electron chi connectivity index (χ2n) is 6.63. The van der Waals surface area contributed by atoms with E-state index in [9.17, 15) is 9.00 Å². The molecule has 2 aromatic rings. The Kier molecular flexibility index (Phi) is 4.21. The zero-order valence-corrected chi connectivity index (χ0v) is 14.7. The Morgan fingerprint density at radius 2 is 1.68 bits per heavy atom. The highest BCUT2D eigenvalue weighted by atomic mass is 32.2. The summed E-state index contributed by atoms with van der Waals surface area (Å²) in [6, 6.07) is 8.61. The van der Waals surface area contributed by atoms with Crippen molar-refractivity contribution in [1.29, 1.82) is 0 Å². The van der Waals surface area contributed by atoms with Gasteiger partial charge in [0.05, 0.1) is 4.90 Å². The predicted molar refractivity (Wildman–Crippen MR) is 99.9 cm³/mol. The van der Waals surface area contributed by atoms with Crippen molar-refractivity contribution in [2.45, 2.75) is 43.4 Å². The molecule has 2 aliphatic rings. The summed E-state index contributed by atoms with van der Waals surface area (Å²) in [7, 11) is -1.64. The summed E-state index contributed by atoms with van der Waals surface area (Å²) in [5.41, 5.74) is 12.4. The van der Waals surface area contributed by atoms with Gasteiger partial charge in [0, 0.05) is 11.4 Å². The topological polar surface area (TPSA) is 84.2 Å². The Morgan fingerprint density at radius 3 is 2.32 bits per heavy atom. The van der Waals surface area contributed by atoms with Crippen LogP contribution in [0.25, 0.3) is 0 Å². The van der Waals surface area contributed by atoms with Gasteiger partial charge in [-0.1, -0.05) is 12.1 Å². The molecule has 0 aromatic heterocycles. The number of nitrogens with one attached hydrogen (secondary N) is 2. The van der Waals surface area contributed by atoms with Gasteiger partial charge in [-0.25, -0.2) is 9.00 Å². The summed E-state index contributed by atoms with van der Waals surface area (Å²) >= 11 is 0. The Morgan fingerprint density at radius 1 is 1.00 bits per heavy atom. The molecule has 0 heterocycles. The van der Waals surface area contributed by atoms with Crippen molar-refractivity contribution in [2.24, 2.45) is 0 Å². The molecule has 0 saturated heterocycles. The second kappa shape index (κ2) is 6.52. The van der Waals surface area contributed by atoms with Gasteiger partial charge in [0.2, 0.25) is 0 Å². The summed E-state index contributed by atoms with van der Waals surface area (Å²) in [4.78, 5) is 12.9. The van der Waals surface area contributed by atoms with Crippen LogP contribution in [0.5, 0.6) is 0 Å². The molecule has 0 fully saturated rings. The lowest BCUT2D eigenvalue weighted by molar-refractivity contribution is 0.257. The Labute approximate surface area is 149 Å². The standard InChI is InChI=1S/C19H21N3O2S/c20-14-6-3-7-15(11-14)25(24)22-19(23)21-18-16-8-1-4-12(16)10-13-5-2-9-17(13)18/h3,6-7,10-11H,1-2,4-5,8-9,20H2,(H2,21,22,23). The summed E-state index contributed by atoms with van der Waals surface area (Å²) in [5, 5.41) is 2.98. The van der Waals surface area contributed by atoms with Crippen molar-refractivity contribution in [3.63, 3.8) is 0 Å². The van der Waals surface area contributed by atoms with E-state index in [0.717, 1.165) is 44.2 Å². The lowest BCUT2D eigenvalue weighted by Crippen LogP contribution is -2.31. The normalized spacial score (nSPS) is 16.2. The third-order valence-corrected chi connectivity index (χ3v) is 6.02. The second-order valence-corrected chi connectivity index (χ2v) is 7.84. The Hall–Kier alpha value is -2.34. The van der Waals surface area contributed by atoms with Gasteiger partial charge in [-0.15, -0.1) is 0 Å². The van der Waals surface area contributed by atoms with E-state index in [0.29, 0.717) is 10.6 Å². The quantitative estimate of drug-likeness (QED) is 0.740. The smallest absolute Gasteiger partial charge is 0.331 e. The number of nitrogen functional groups attached to an aromatic ring is 1. The number of fused-ring (bicyclic) bond motifs is 2. The fourth-order valence-electron chi connectivity index (χ4n) is 3.88. The van der Waals surface area contributed by atoms with Crippen LogP contribution in [0.4, 0.5) is 16.2 Å². The summed E-state index contributed by atoms with van der Waals surface area (Å²) in [5.74, 6) is 0. The summed E-state index contributed by atoms with van der Waals surface area (Å²) < 4.78 is 14.9. The number of hydrogen-bond acceptors (Lipinski definition) is 3. The SMILES string of the molecule is Nc1cccc(S(=O)NC(=O)Nc2c3c(cc4c2CCC4)CCC3)c1. The molecule has 6 heteroatoms.